The molecule has 0 aromatic heterocycles. The summed E-state index contributed by atoms with van der Waals surface area (Å²) in [4.78, 5) is 76.3. The molecule has 0 saturated heterocycles. The van der Waals surface area contributed by atoms with Crippen LogP contribution >= 0.6 is 0 Å². The molecule has 8 rings (SSSR count). The molecule has 0 aromatic rings. The maximum Gasteiger partial charge on any atom is 0.407 e. The minimum atomic E-state index is -0.629. The lowest BCUT2D eigenvalue weighted by molar-refractivity contribution is -0.139. The number of carbonyl (C=O) groups excluding carboxylic acids is 6. The number of hydrogen-bond donors (Lipinski definition) is 2. The fourth-order valence-corrected chi connectivity index (χ4v) is 15.6. The first kappa shape index (κ1) is 59.3. The number of amides is 2. The lowest BCUT2D eigenvalue weighted by atomic mass is 9.60. The lowest BCUT2D eigenvalue weighted by Crippen LogP contribution is -2.41. The zero-order valence-electron chi connectivity index (χ0n) is 47.1. The largest absolute Gasteiger partial charge is 0.460 e. The third-order valence-corrected chi connectivity index (χ3v) is 19.9. The highest BCUT2D eigenvalue weighted by atomic mass is 16.6. The number of rotatable bonds is 24. The minimum absolute atomic E-state index is 0.000836. The molecule has 0 heterocycles. The van der Waals surface area contributed by atoms with E-state index in [1.54, 1.807) is 13.8 Å². The second-order valence-corrected chi connectivity index (χ2v) is 25.2. The number of ketones is 2. The Morgan fingerprint density at radius 2 is 0.818 bits per heavy atom. The van der Waals surface area contributed by atoms with Crippen molar-refractivity contribution in [3.8, 4) is 0 Å². The highest BCUT2D eigenvalue weighted by Gasteiger charge is 2.53. The van der Waals surface area contributed by atoms with Gasteiger partial charge in [-0.15, -0.1) is 0 Å². The summed E-state index contributed by atoms with van der Waals surface area (Å²) in [6.07, 6.45) is 19.6. The van der Waals surface area contributed by atoms with Crippen LogP contribution in [-0.4, -0.2) is 125 Å². The van der Waals surface area contributed by atoms with E-state index in [4.69, 9.17) is 37.9 Å². The van der Waals surface area contributed by atoms with Crippen LogP contribution in [0.4, 0.5) is 9.59 Å². The van der Waals surface area contributed by atoms with Crippen LogP contribution in [0.2, 0.25) is 0 Å². The molecule has 0 aliphatic heterocycles. The van der Waals surface area contributed by atoms with E-state index < -0.39 is 36.3 Å². The Balaban J connectivity index is 0.777. The molecule has 8 aliphatic rings. The Bertz CT molecular complexity index is 1900. The Morgan fingerprint density at radius 3 is 1.19 bits per heavy atom. The van der Waals surface area contributed by atoms with Gasteiger partial charge in [-0.3, -0.25) is 9.59 Å². The Labute approximate surface area is 458 Å². The molecule has 12 unspecified atom stereocenters. The molecule has 12 atom stereocenters. The van der Waals surface area contributed by atoms with Crippen molar-refractivity contribution in [1.82, 2.24) is 10.6 Å². The van der Waals surface area contributed by atoms with Gasteiger partial charge in [0.15, 0.2) is 12.2 Å². The summed E-state index contributed by atoms with van der Waals surface area (Å²) >= 11 is 0. The lowest BCUT2D eigenvalue weighted by Gasteiger charge is -2.46. The average Bonchev–Trinajstić information content (AvgIpc) is 3.88. The van der Waals surface area contributed by atoms with Gasteiger partial charge in [-0.05, 0) is 170 Å². The highest BCUT2D eigenvalue weighted by molar-refractivity contribution is 5.88. The molecule has 77 heavy (non-hydrogen) atoms. The van der Waals surface area contributed by atoms with E-state index in [0.29, 0.717) is 47.1 Å². The van der Waals surface area contributed by atoms with Crippen LogP contribution in [0.5, 0.6) is 0 Å². The molecule has 2 amide bonds. The molecule has 2 N–H and O–H groups in total. The predicted octanol–water partition coefficient (Wildman–Crippen LogP) is 9.97. The monoisotopic (exact) mass is 1080 g/mol. The van der Waals surface area contributed by atoms with Crippen molar-refractivity contribution in [2.45, 2.75) is 206 Å². The highest BCUT2D eigenvalue weighted by Crippen LogP contribution is 2.54. The van der Waals surface area contributed by atoms with E-state index >= 15 is 0 Å². The summed E-state index contributed by atoms with van der Waals surface area (Å²) in [5.41, 5.74) is 0.693. The van der Waals surface area contributed by atoms with Gasteiger partial charge < -0.3 is 48.5 Å². The van der Waals surface area contributed by atoms with Gasteiger partial charge in [-0.25, -0.2) is 19.2 Å². The van der Waals surface area contributed by atoms with Gasteiger partial charge in [-0.2, -0.15) is 0 Å². The van der Waals surface area contributed by atoms with E-state index in [1.807, 2.05) is 0 Å². The molecular weight excluding hydrogens is 985 g/mol. The first-order valence-corrected chi connectivity index (χ1v) is 30.1. The van der Waals surface area contributed by atoms with Crippen LogP contribution in [0.1, 0.15) is 169 Å². The number of Topliss-reactive ketones (excluding diaryl/α,β-unsaturated/α-hetero) is 2. The first-order valence-electron chi connectivity index (χ1n) is 30.1. The molecule has 8 fully saturated rings. The molecule has 0 bridgehead atoms. The molecule has 16 heteroatoms. The number of esters is 2. The summed E-state index contributed by atoms with van der Waals surface area (Å²) in [6.45, 7) is 16.2. The van der Waals surface area contributed by atoms with Gasteiger partial charge >= 0.3 is 24.1 Å². The van der Waals surface area contributed by atoms with Crippen molar-refractivity contribution >= 4 is 35.7 Å². The second kappa shape index (κ2) is 28.0. The number of carbonyl (C=O) groups is 6. The zero-order chi connectivity index (χ0) is 54.6. The van der Waals surface area contributed by atoms with E-state index in [2.05, 4.69) is 37.6 Å². The topological polar surface area (TPSA) is 200 Å². The van der Waals surface area contributed by atoms with Crippen LogP contribution < -0.4 is 10.6 Å². The second-order valence-electron chi connectivity index (χ2n) is 25.2. The Morgan fingerprint density at radius 1 is 0.481 bits per heavy atom. The smallest absolute Gasteiger partial charge is 0.407 e. The van der Waals surface area contributed by atoms with Crippen LogP contribution in [0.25, 0.3) is 0 Å². The molecule has 8 aliphatic carbocycles. The van der Waals surface area contributed by atoms with E-state index in [1.165, 1.54) is 12.8 Å². The first-order chi connectivity index (χ1) is 37.0. The van der Waals surface area contributed by atoms with Gasteiger partial charge in [0, 0.05) is 34.8 Å². The van der Waals surface area contributed by atoms with Crippen molar-refractivity contribution in [2.24, 2.45) is 64.6 Å². The third kappa shape index (κ3) is 15.7. The summed E-state index contributed by atoms with van der Waals surface area (Å²) in [6, 6.07) is 0. The molecule has 16 nitrogen and oxygen atoms in total. The average molecular weight is 1080 g/mol. The standard InChI is InChI=1S/C61H94N2O14/c1-37(2)57(66)70-29-27-62-59(68)76-45(35-74-43-23-25-51-53(31-43)47-11-7-9-13-49(47)55(51)64)33-72-41-19-15-39(16-20-41)61(5,6)40-17-21-42(22-18-40)73-34-46(77-60(69)63-28-30-71-58(67)38(3)4)36-75-44-24-26-52-54(32-44)48-12-8-10-14-50(48)56(52)65/h39-54H,1,3,7-36H2,2,4-6H3,(H,62,68)(H,63,69). The van der Waals surface area contributed by atoms with Crippen molar-refractivity contribution in [3.05, 3.63) is 24.3 Å². The molecule has 0 aromatic carbocycles. The molecule has 432 valence electrons. The maximum atomic E-state index is 13.3. The summed E-state index contributed by atoms with van der Waals surface area (Å²) in [5.74, 6) is 3.51. The normalized spacial score (nSPS) is 33.7. The number of hydrogen-bond acceptors (Lipinski definition) is 14. The fourth-order valence-electron chi connectivity index (χ4n) is 15.6. The van der Waals surface area contributed by atoms with Crippen molar-refractivity contribution in [1.29, 1.82) is 0 Å². The summed E-state index contributed by atoms with van der Waals surface area (Å²) in [5, 5.41) is 5.39. The van der Waals surface area contributed by atoms with Crippen LogP contribution in [-0.2, 0) is 57.1 Å². The Kier molecular flexibility index (Phi) is 21.6. The SMILES string of the molecule is C=C(C)C(=O)OCCNC(=O)OC(COC1CCC(C(C)(C)C2CCC(OCC(COC3CCC4C(=O)C5CCCCC5C4C3)OC(=O)NCCOC(=O)C(=C)C)CC2)CC1)COC1CCC2C(=O)C3CCCCC3C2C1. The number of alkyl carbamates (subject to hydrolysis) is 2. The zero-order valence-corrected chi connectivity index (χ0v) is 47.1. The Hall–Kier alpha value is -3.86. The van der Waals surface area contributed by atoms with Gasteiger partial charge in [0.1, 0.15) is 24.8 Å². The minimum Gasteiger partial charge on any atom is -0.460 e. The molecule has 0 spiro atoms. The van der Waals surface area contributed by atoms with Crippen molar-refractivity contribution in [3.63, 3.8) is 0 Å². The number of nitrogens with one attached hydrogen (secondary N) is 2. The van der Waals surface area contributed by atoms with Gasteiger partial charge in [0.05, 0.1) is 63.9 Å². The maximum absolute atomic E-state index is 13.3. The quantitative estimate of drug-likeness (QED) is 0.0400. The number of fused-ring (bicyclic) bond motifs is 6. The molecular formula is C61H94N2O14. The van der Waals surface area contributed by atoms with Crippen LogP contribution in [0, 0.1) is 64.6 Å². The van der Waals surface area contributed by atoms with Gasteiger partial charge in [-0.1, -0.05) is 52.7 Å². The predicted molar refractivity (Wildman–Crippen MR) is 287 cm³/mol. The van der Waals surface area contributed by atoms with Crippen molar-refractivity contribution < 1.29 is 66.7 Å². The van der Waals surface area contributed by atoms with Crippen LogP contribution in [0.15, 0.2) is 24.3 Å². The third-order valence-electron chi connectivity index (χ3n) is 19.9. The van der Waals surface area contributed by atoms with Crippen LogP contribution in [0.3, 0.4) is 0 Å². The van der Waals surface area contributed by atoms with Crippen molar-refractivity contribution in [2.75, 3.05) is 52.7 Å². The van der Waals surface area contributed by atoms with Gasteiger partial charge in [0.2, 0.25) is 0 Å². The number of ether oxygens (including phenoxy) is 8. The van der Waals surface area contributed by atoms with E-state index in [-0.39, 0.29) is 117 Å². The molecule has 0 radical (unpaired) electrons. The van der Waals surface area contributed by atoms with E-state index in [9.17, 15) is 28.8 Å². The van der Waals surface area contributed by atoms with Gasteiger partial charge in [0.25, 0.3) is 0 Å². The van der Waals surface area contributed by atoms with E-state index in [0.717, 1.165) is 128 Å². The molecule has 8 saturated carbocycles. The summed E-state index contributed by atoms with van der Waals surface area (Å²) < 4.78 is 48.2. The fraction of sp³-hybridized carbons (Fsp3) is 0.836. The summed E-state index contributed by atoms with van der Waals surface area (Å²) in [7, 11) is 0.